The van der Waals surface area contributed by atoms with Crippen LogP contribution in [0.25, 0.3) is 0 Å². The summed E-state index contributed by atoms with van der Waals surface area (Å²) < 4.78 is 25.7. The molecule has 1 heterocycles. The predicted molar refractivity (Wildman–Crippen MR) is 70.3 cm³/mol. The Morgan fingerprint density at radius 1 is 1.15 bits per heavy atom. The van der Waals surface area contributed by atoms with E-state index in [0.717, 1.165) is 19.3 Å². The summed E-state index contributed by atoms with van der Waals surface area (Å²) in [5, 5.41) is 0. The molecule has 5 heteroatoms. The highest BCUT2D eigenvalue weighted by molar-refractivity contribution is 5.49. The molecule has 3 rings (SSSR count). The Labute approximate surface area is 116 Å². The molecule has 4 nitrogen and oxygen atoms in total. The Hall–Kier alpha value is -1.87. The van der Waals surface area contributed by atoms with Gasteiger partial charge in [-0.15, -0.1) is 0 Å². The van der Waals surface area contributed by atoms with Crippen LogP contribution in [-0.4, -0.2) is 19.3 Å². The second-order valence-electron chi connectivity index (χ2n) is 5.25. The van der Waals surface area contributed by atoms with Crippen LogP contribution in [0.1, 0.15) is 37.7 Å². The van der Waals surface area contributed by atoms with Crippen molar-refractivity contribution in [3.8, 4) is 11.5 Å². The lowest BCUT2D eigenvalue weighted by Crippen LogP contribution is -2.21. The predicted octanol–water partition coefficient (Wildman–Crippen LogP) is 3.09. The molecule has 0 amide bonds. The summed E-state index contributed by atoms with van der Waals surface area (Å²) in [4.78, 5) is 14.6. The van der Waals surface area contributed by atoms with Crippen molar-refractivity contribution >= 4 is 6.08 Å². The fourth-order valence-electron chi connectivity index (χ4n) is 3.05. The van der Waals surface area contributed by atoms with Gasteiger partial charge in [-0.25, -0.2) is 9.18 Å². The first kappa shape index (κ1) is 13.1. The molecule has 20 heavy (non-hydrogen) atoms. The quantitative estimate of drug-likeness (QED) is 0.616. The molecule has 0 atom stereocenters. The zero-order chi connectivity index (χ0) is 14.0. The molecule has 2 aliphatic rings. The molecule has 0 radical (unpaired) electrons. The molecule has 1 saturated carbocycles. The summed E-state index contributed by atoms with van der Waals surface area (Å²) >= 11 is 0. The summed E-state index contributed by atoms with van der Waals surface area (Å²) in [5.74, 6) is 0.115. The third-order valence-corrected chi connectivity index (χ3v) is 4.05. The maximum absolute atomic E-state index is 14.8. The number of halogens is 1. The summed E-state index contributed by atoms with van der Waals surface area (Å²) in [6.45, 7) is 0.945. The van der Waals surface area contributed by atoms with Crippen LogP contribution < -0.4 is 9.47 Å². The lowest BCUT2D eigenvalue weighted by molar-refractivity contribution is 0.290. The van der Waals surface area contributed by atoms with E-state index in [9.17, 15) is 9.18 Å². The van der Waals surface area contributed by atoms with E-state index in [-0.39, 0.29) is 5.75 Å². The van der Waals surface area contributed by atoms with E-state index in [1.54, 1.807) is 18.2 Å². The highest BCUT2D eigenvalue weighted by Gasteiger charge is 2.39. The Morgan fingerprint density at radius 3 is 2.65 bits per heavy atom. The monoisotopic (exact) mass is 277 g/mol. The van der Waals surface area contributed by atoms with Crippen LogP contribution in [0.5, 0.6) is 11.5 Å². The molecule has 0 N–H and O–H groups in total. The van der Waals surface area contributed by atoms with E-state index in [4.69, 9.17) is 9.47 Å². The fraction of sp³-hybridized carbons (Fsp3) is 0.533. The number of hydrogen-bond donors (Lipinski definition) is 0. The zero-order valence-electron chi connectivity index (χ0n) is 11.2. The average molecular weight is 277 g/mol. The van der Waals surface area contributed by atoms with Crippen LogP contribution in [0.15, 0.2) is 17.1 Å². The van der Waals surface area contributed by atoms with Crippen LogP contribution >= 0.6 is 0 Å². The highest BCUT2D eigenvalue weighted by Crippen LogP contribution is 2.46. The van der Waals surface area contributed by atoms with Crippen LogP contribution in [0.2, 0.25) is 0 Å². The van der Waals surface area contributed by atoms with Gasteiger partial charge in [0.2, 0.25) is 6.08 Å². The minimum absolute atomic E-state index is 0.146. The van der Waals surface area contributed by atoms with Gasteiger partial charge in [-0.1, -0.05) is 12.8 Å². The third-order valence-electron chi connectivity index (χ3n) is 4.05. The van der Waals surface area contributed by atoms with E-state index < -0.39 is 11.4 Å². The number of aliphatic imine (C=N–C) groups is 1. The number of isocyanates is 1. The second kappa shape index (κ2) is 5.25. The molecule has 0 saturated heterocycles. The molecule has 0 bridgehead atoms. The smallest absolute Gasteiger partial charge is 0.235 e. The first-order valence-corrected chi connectivity index (χ1v) is 6.94. The molecular formula is C15H16FNO3. The zero-order valence-corrected chi connectivity index (χ0v) is 11.2. The topological polar surface area (TPSA) is 47.9 Å². The second-order valence-corrected chi connectivity index (χ2v) is 5.25. The number of benzene rings is 1. The molecule has 1 aromatic rings. The molecule has 1 aliphatic carbocycles. The van der Waals surface area contributed by atoms with Crippen LogP contribution in [-0.2, 0) is 10.3 Å². The molecule has 0 spiro atoms. The minimum Gasteiger partial charge on any atom is -0.489 e. The first-order chi connectivity index (χ1) is 9.77. The largest absolute Gasteiger partial charge is 0.489 e. The summed E-state index contributed by atoms with van der Waals surface area (Å²) in [7, 11) is 0. The lowest BCUT2D eigenvalue weighted by Gasteiger charge is -2.24. The van der Waals surface area contributed by atoms with Gasteiger partial charge in [-0.3, -0.25) is 0 Å². The number of hydrogen-bond acceptors (Lipinski definition) is 4. The molecular weight excluding hydrogens is 261 g/mol. The van der Waals surface area contributed by atoms with Gasteiger partial charge in [0.1, 0.15) is 5.54 Å². The Balaban J connectivity index is 2.10. The Bertz CT molecular complexity index is 560. The van der Waals surface area contributed by atoms with Crippen molar-refractivity contribution in [1.29, 1.82) is 0 Å². The van der Waals surface area contributed by atoms with E-state index in [2.05, 4.69) is 4.99 Å². The number of nitrogens with zero attached hydrogens (tertiary/aromatic N) is 1. The maximum Gasteiger partial charge on any atom is 0.235 e. The first-order valence-electron chi connectivity index (χ1n) is 6.94. The van der Waals surface area contributed by atoms with Crippen molar-refractivity contribution < 1.29 is 18.7 Å². The molecule has 1 aliphatic heterocycles. The molecule has 106 valence electrons. The van der Waals surface area contributed by atoms with Gasteiger partial charge in [-0.2, -0.15) is 4.99 Å². The van der Waals surface area contributed by atoms with Crippen LogP contribution in [0.3, 0.4) is 0 Å². The van der Waals surface area contributed by atoms with Gasteiger partial charge < -0.3 is 9.47 Å². The summed E-state index contributed by atoms with van der Waals surface area (Å²) in [6.07, 6.45) is 5.52. The van der Waals surface area contributed by atoms with E-state index >= 15 is 0 Å². The molecule has 0 unspecified atom stereocenters. The minimum atomic E-state index is -0.781. The lowest BCUT2D eigenvalue weighted by atomic mass is 9.88. The standard InChI is InChI=1S/C15H16FNO3/c16-13-11(15(17-10-18)6-1-2-7-15)4-5-12-14(13)20-9-3-8-19-12/h4-5H,1-3,6-9H2. The van der Waals surface area contributed by atoms with Crippen molar-refractivity contribution in [3.63, 3.8) is 0 Å². The summed E-state index contributed by atoms with van der Waals surface area (Å²) in [6, 6.07) is 3.37. The normalized spacial score (nSPS) is 20.1. The molecule has 1 fully saturated rings. The van der Waals surface area contributed by atoms with Crippen LogP contribution in [0, 0.1) is 5.82 Å². The van der Waals surface area contributed by atoms with E-state index in [0.29, 0.717) is 37.4 Å². The van der Waals surface area contributed by atoms with Gasteiger partial charge in [0, 0.05) is 12.0 Å². The van der Waals surface area contributed by atoms with Gasteiger partial charge in [0.25, 0.3) is 0 Å². The van der Waals surface area contributed by atoms with Crippen LogP contribution in [0.4, 0.5) is 4.39 Å². The number of carbonyl (C=O) groups excluding carboxylic acids is 1. The summed E-state index contributed by atoms with van der Waals surface area (Å²) in [5.41, 5.74) is -0.362. The van der Waals surface area contributed by atoms with E-state index in [1.165, 1.54) is 0 Å². The number of ether oxygens (including phenoxy) is 2. The Morgan fingerprint density at radius 2 is 1.90 bits per heavy atom. The molecule has 1 aromatic carbocycles. The van der Waals surface area contributed by atoms with Gasteiger partial charge in [-0.05, 0) is 25.0 Å². The van der Waals surface area contributed by atoms with Crippen molar-refractivity contribution in [2.24, 2.45) is 4.99 Å². The van der Waals surface area contributed by atoms with Crippen molar-refractivity contribution in [2.75, 3.05) is 13.2 Å². The SMILES string of the molecule is O=C=NC1(c2ccc3c(c2F)OCCCO3)CCCC1. The Kier molecular flexibility index (Phi) is 3.45. The average Bonchev–Trinajstić information content (AvgIpc) is 2.77. The third kappa shape index (κ3) is 2.08. The number of fused-ring (bicyclic) bond motifs is 1. The maximum atomic E-state index is 14.8. The van der Waals surface area contributed by atoms with Crippen molar-refractivity contribution in [2.45, 2.75) is 37.6 Å². The van der Waals surface area contributed by atoms with Gasteiger partial charge in [0.15, 0.2) is 17.3 Å². The fourth-order valence-corrected chi connectivity index (χ4v) is 3.05. The highest BCUT2D eigenvalue weighted by atomic mass is 19.1. The molecule has 0 aromatic heterocycles. The van der Waals surface area contributed by atoms with Crippen molar-refractivity contribution in [1.82, 2.24) is 0 Å². The number of rotatable bonds is 2. The van der Waals surface area contributed by atoms with Gasteiger partial charge >= 0.3 is 0 Å². The van der Waals surface area contributed by atoms with Crippen molar-refractivity contribution in [3.05, 3.63) is 23.5 Å². The van der Waals surface area contributed by atoms with Gasteiger partial charge in [0.05, 0.1) is 13.2 Å². The van der Waals surface area contributed by atoms with E-state index in [1.807, 2.05) is 0 Å².